The van der Waals surface area contributed by atoms with Gasteiger partial charge in [0.25, 0.3) is 0 Å². The van der Waals surface area contributed by atoms with E-state index in [1.807, 2.05) is 38.1 Å². The second-order valence-corrected chi connectivity index (χ2v) is 6.43. The average Bonchev–Trinajstić information content (AvgIpc) is 2.56. The highest BCUT2D eigenvalue weighted by molar-refractivity contribution is 9.10. The van der Waals surface area contributed by atoms with Crippen LogP contribution in [0.15, 0.2) is 28.7 Å². The van der Waals surface area contributed by atoms with Crippen molar-refractivity contribution in [2.24, 2.45) is 0 Å². The van der Waals surface area contributed by atoms with Gasteiger partial charge < -0.3 is 30.1 Å². The Bertz CT molecular complexity index is 528. The topological polar surface area (TPSA) is 125 Å². The van der Waals surface area contributed by atoms with Crippen molar-refractivity contribution >= 4 is 27.9 Å². The maximum Gasteiger partial charge on any atom is 0.414 e. The van der Waals surface area contributed by atoms with Crippen LogP contribution in [0.2, 0.25) is 0 Å². The largest absolute Gasteiger partial charge is 0.491 e. The lowest BCUT2D eigenvalue weighted by Crippen LogP contribution is -2.32. The summed E-state index contributed by atoms with van der Waals surface area (Å²) < 4.78 is 11.9. The number of aliphatic hydroxyl groups excluding tert-OH is 1. The van der Waals surface area contributed by atoms with E-state index in [9.17, 15) is 5.11 Å². The minimum atomic E-state index is -1.82. The van der Waals surface area contributed by atoms with Gasteiger partial charge in [0.05, 0.1) is 6.10 Å². The zero-order valence-electron chi connectivity index (χ0n) is 14.9. The summed E-state index contributed by atoms with van der Waals surface area (Å²) in [5, 5.41) is 27.8. The van der Waals surface area contributed by atoms with Crippen molar-refractivity contribution in [2.45, 2.75) is 32.5 Å². The molecule has 0 aliphatic heterocycles. The number of carboxylic acid groups (broad SMARTS) is 2. The Balaban J connectivity index is 0.000000896. The first-order valence-electron chi connectivity index (χ1n) is 8.07. The Morgan fingerprint density at radius 2 is 1.88 bits per heavy atom. The lowest BCUT2D eigenvalue weighted by atomic mass is 10.3. The van der Waals surface area contributed by atoms with Crippen LogP contribution in [0, 0.1) is 0 Å². The summed E-state index contributed by atoms with van der Waals surface area (Å²) in [4.78, 5) is 18.2. The van der Waals surface area contributed by atoms with E-state index in [4.69, 9.17) is 29.3 Å². The number of nitrogens with one attached hydrogen (secondary N) is 1. The van der Waals surface area contributed by atoms with E-state index >= 15 is 0 Å². The molecule has 0 spiro atoms. The Hall–Kier alpha value is -1.68. The van der Waals surface area contributed by atoms with Crippen molar-refractivity contribution in [2.75, 3.05) is 26.3 Å². The molecule has 1 aromatic rings. The number of aliphatic hydroxyl groups is 1. The van der Waals surface area contributed by atoms with Gasteiger partial charge >= 0.3 is 11.9 Å². The molecule has 1 aromatic carbocycles. The Labute approximate surface area is 161 Å². The van der Waals surface area contributed by atoms with Crippen LogP contribution in [-0.4, -0.2) is 65.8 Å². The van der Waals surface area contributed by atoms with Gasteiger partial charge in [0, 0.05) is 17.6 Å². The number of ether oxygens (including phenoxy) is 2. The molecular formula is C17H26BrNO7. The minimum Gasteiger partial charge on any atom is -0.491 e. The van der Waals surface area contributed by atoms with Crippen LogP contribution in [0.5, 0.6) is 5.75 Å². The number of carbonyl (C=O) groups is 2. The zero-order chi connectivity index (χ0) is 19.9. The van der Waals surface area contributed by atoms with E-state index in [0.717, 1.165) is 29.8 Å². The first-order chi connectivity index (χ1) is 12.2. The van der Waals surface area contributed by atoms with Gasteiger partial charge in [-0.25, -0.2) is 9.59 Å². The van der Waals surface area contributed by atoms with Crippen molar-refractivity contribution in [1.82, 2.24) is 5.32 Å². The van der Waals surface area contributed by atoms with E-state index in [1.54, 1.807) is 0 Å². The van der Waals surface area contributed by atoms with Gasteiger partial charge in [-0.2, -0.15) is 0 Å². The van der Waals surface area contributed by atoms with Crippen LogP contribution < -0.4 is 10.1 Å². The molecular weight excluding hydrogens is 410 g/mol. The molecule has 9 heteroatoms. The first kappa shape index (κ1) is 24.3. The van der Waals surface area contributed by atoms with Crippen LogP contribution in [0.1, 0.15) is 20.3 Å². The monoisotopic (exact) mass is 435 g/mol. The predicted molar refractivity (Wildman–Crippen MR) is 99.5 cm³/mol. The molecule has 0 heterocycles. The highest BCUT2D eigenvalue weighted by Gasteiger charge is 2.05. The summed E-state index contributed by atoms with van der Waals surface area (Å²) in [6.45, 7) is 6.44. The normalized spacial score (nSPS) is 11.4. The predicted octanol–water partition coefficient (Wildman–Crippen LogP) is 1.75. The van der Waals surface area contributed by atoms with E-state index in [0.29, 0.717) is 6.54 Å². The molecule has 0 radical (unpaired) electrons. The van der Waals surface area contributed by atoms with Crippen LogP contribution in [0.25, 0.3) is 0 Å². The summed E-state index contributed by atoms with van der Waals surface area (Å²) in [7, 11) is 0. The number of benzene rings is 1. The highest BCUT2D eigenvalue weighted by Crippen LogP contribution is 2.17. The number of hydrogen-bond donors (Lipinski definition) is 4. The summed E-state index contributed by atoms with van der Waals surface area (Å²) in [5.74, 6) is -2.89. The molecule has 0 aliphatic carbocycles. The molecule has 8 nitrogen and oxygen atoms in total. The quantitative estimate of drug-likeness (QED) is 0.323. The van der Waals surface area contributed by atoms with Gasteiger partial charge in [-0.05, 0) is 45.0 Å². The second kappa shape index (κ2) is 14.5. The van der Waals surface area contributed by atoms with Crippen molar-refractivity contribution in [3.8, 4) is 5.75 Å². The van der Waals surface area contributed by atoms with E-state index in [2.05, 4.69) is 21.2 Å². The zero-order valence-corrected chi connectivity index (χ0v) is 16.4. The van der Waals surface area contributed by atoms with Crippen LogP contribution in [0.4, 0.5) is 0 Å². The van der Waals surface area contributed by atoms with Crippen LogP contribution in [-0.2, 0) is 14.3 Å². The smallest absolute Gasteiger partial charge is 0.414 e. The number of halogens is 1. The maximum absolute atomic E-state index is 9.79. The van der Waals surface area contributed by atoms with E-state index in [1.165, 1.54) is 0 Å². The summed E-state index contributed by atoms with van der Waals surface area (Å²) >= 11 is 3.38. The molecule has 0 fully saturated rings. The third kappa shape index (κ3) is 14.6. The molecule has 0 amide bonds. The maximum atomic E-state index is 9.79. The average molecular weight is 436 g/mol. The molecule has 0 saturated carbocycles. The van der Waals surface area contributed by atoms with Crippen molar-refractivity contribution < 1.29 is 34.4 Å². The third-order valence-electron chi connectivity index (χ3n) is 2.75. The molecule has 1 rings (SSSR count). The molecule has 0 saturated heterocycles. The standard InChI is InChI=1S/C15H24BrNO3.C2H2O4/c1-12(2)19-8-4-7-17-10-14(18)11-20-15-6-3-5-13(16)9-15;3-1(4)2(5)6/h3,5-6,9,12,14,17-18H,4,7-8,10-11H2,1-2H3;(H,3,4)(H,5,6). The van der Waals surface area contributed by atoms with Gasteiger partial charge in [-0.3, -0.25) is 0 Å². The molecule has 0 bridgehead atoms. The van der Waals surface area contributed by atoms with Crippen LogP contribution in [0.3, 0.4) is 0 Å². The SMILES string of the molecule is CC(C)OCCCNCC(O)COc1cccc(Br)c1.O=C(O)C(=O)O. The van der Waals surface area contributed by atoms with Gasteiger partial charge in [0.2, 0.25) is 0 Å². The number of hydrogen-bond acceptors (Lipinski definition) is 6. The van der Waals surface area contributed by atoms with Gasteiger partial charge in [-0.1, -0.05) is 22.0 Å². The summed E-state index contributed by atoms with van der Waals surface area (Å²) in [6.07, 6.45) is 0.705. The third-order valence-corrected chi connectivity index (χ3v) is 3.24. The first-order valence-corrected chi connectivity index (χ1v) is 8.86. The Morgan fingerprint density at radius 3 is 2.42 bits per heavy atom. The summed E-state index contributed by atoms with van der Waals surface area (Å²) in [5.41, 5.74) is 0. The Kier molecular flexibility index (Phi) is 13.5. The molecule has 148 valence electrons. The fourth-order valence-electron chi connectivity index (χ4n) is 1.59. The number of rotatable bonds is 10. The van der Waals surface area contributed by atoms with Gasteiger partial charge in [0.15, 0.2) is 0 Å². The summed E-state index contributed by atoms with van der Waals surface area (Å²) in [6, 6.07) is 7.58. The molecule has 0 aliphatic rings. The molecule has 1 atom stereocenters. The Morgan fingerprint density at radius 1 is 1.23 bits per heavy atom. The van der Waals surface area contributed by atoms with Gasteiger partial charge in [0.1, 0.15) is 18.5 Å². The van der Waals surface area contributed by atoms with Crippen LogP contribution >= 0.6 is 15.9 Å². The highest BCUT2D eigenvalue weighted by atomic mass is 79.9. The number of carboxylic acids is 2. The molecule has 0 aromatic heterocycles. The minimum absolute atomic E-state index is 0.277. The lowest BCUT2D eigenvalue weighted by Gasteiger charge is -2.13. The molecule has 1 unspecified atom stereocenters. The van der Waals surface area contributed by atoms with Crippen molar-refractivity contribution in [3.05, 3.63) is 28.7 Å². The van der Waals surface area contributed by atoms with Gasteiger partial charge in [-0.15, -0.1) is 0 Å². The fourth-order valence-corrected chi connectivity index (χ4v) is 1.97. The fraction of sp³-hybridized carbons (Fsp3) is 0.529. The molecule has 4 N–H and O–H groups in total. The number of aliphatic carboxylic acids is 2. The van der Waals surface area contributed by atoms with Crippen molar-refractivity contribution in [3.63, 3.8) is 0 Å². The van der Waals surface area contributed by atoms with E-state index in [-0.39, 0.29) is 12.7 Å². The molecule has 26 heavy (non-hydrogen) atoms. The lowest BCUT2D eigenvalue weighted by molar-refractivity contribution is -0.159. The van der Waals surface area contributed by atoms with Crippen molar-refractivity contribution in [1.29, 1.82) is 0 Å². The second-order valence-electron chi connectivity index (χ2n) is 5.51. The van der Waals surface area contributed by atoms with E-state index < -0.39 is 18.0 Å².